The summed E-state index contributed by atoms with van der Waals surface area (Å²) in [5, 5.41) is 6.01. The summed E-state index contributed by atoms with van der Waals surface area (Å²) in [6, 6.07) is 30.4. The van der Waals surface area contributed by atoms with Crippen LogP contribution in [0.3, 0.4) is 0 Å². The minimum atomic E-state index is -0.0958. The standard InChI is InChI=1S/C32H27N5O2S/c1-21-18-22(2)37(35-21)27(38)19-40-32-29-28(23-10-6-4-7-11-23)30(24-12-8-5-9-13-24)36(31(29)33-20-34-32)25-14-16-26(39-3)17-15-25/h4-18,20H,19H2,1-3H3. The van der Waals surface area contributed by atoms with Crippen LogP contribution in [-0.2, 0) is 0 Å². The van der Waals surface area contributed by atoms with Gasteiger partial charge in [0.25, 0.3) is 5.91 Å². The zero-order valence-electron chi connectivity index (χ0n) is 22.4. The highest BCUT2D eigenvalue weighted by atomic mass is 32.2. The van der Waals surface area contributed by atoms with Gasteiger partial charge in [-0.1, -0.05) is 72.4 Å². The molecule has 3 aromatic carbocycles. The van der Waals surface area contributed by atoms with Crippen molar-refractivity contribution in [2.45, 2.75) is 18.9 Å². The number of ether oxygens (including phenoxy) is 1. The predicted molar refractivity (Wildman–Crippen MR) is 159 cm³/mol. The number of nitrogens with zero attached hydrogens (tertiary/aromatic N) is 5. The lowest BCUT2D eigenvalue weighted by Crippen LogP contribution is -2.16. The van der Waals surface area contributed by atoms with E-state index >= 15 is 0 Å². The summed E-state index contributed by atoms with van der Waals surface area (Å²) in [5.74, 6) is 0.872. The fraction of sp³-hybridized carbons (Fsp3) is 0.125. The van der Waals surface area contributed by atoms with Crippen LogP contribution >= 0.6 is 11.8 Å². The number of benzene rings is 3. The number of fused-ring (bicyclic) bond motifs is 1. The third kappa shape index (κ3) is 4.67. The van der Waals surface area contributed by atoms with Crippen LogP contribution in [0.4, 0.5) is 0 Å². The van der Waals surface area contributed by atoms with Gasteiger partial charge in [0.1, 0.15) is 22.7 Å². The molecular formula is C32H27N5O2S. The quantitative estimate of drug-likeness (QED) is 0.159. The molecule has 0 aliphatic heterocycles. The maximum Gasteiger partial charge on any atom is 0.257 e. The van der Waals surface area contributed by atoms with Crippen LogP contribution in [0.15, 0.2) is 102 Å². The Kier molecular flexibility index (Phi) is 6.92. The molecule has 0 unspecified atom stereocenters. The minimum Gasteiger partial charge on any atom is -0.497 e. The highest BCUT2D eigenvalue weighted by Crippen LogP contribution is 2.44. The van der Waals surface area contributed by atoms with E-state index in [1.165, 1.54) is 16.4 Å². The largest absolute Gasteiger partial charge is 0.497 e. The zero-order chi connectivity index (χ0) is 27.6. The first-order valence-electron chi connectivity index (χ1n) is 12.9. The summed E-state index contributed by atoms with van der Waals surface area (Å²) in [6.45, 7) is 3.77. The molecule has 6 aromatic rings. The van der Waals surface area contributed by atoms with Crippen molar-refractivity contribution < 1.29 is 9.53 Å². The minimum absolute atomic E-state index is 0.0958. The average Bonchev–Trinajstić information content (AvgIpc) is 3.53. The third-order valence-corrected chi connectivity index (χ3v) is 7.71. The van der Waals surface area contributed by atoms with Crippen LogP contribution in [0, 0.1) is 13.8 Å². The fourth-order valence-corrected chi connectivity index (χ4v) is 5.85. The van der Waals surface area contributed by atoms with Gasteiger partial charge in [-0.05, 0) is 55.3 Å². The van der Waals surface area contributed by atoms with Crippen LogP contribution in [0.1, 0.15) is 16.2 Å². The number of carbonyl (C=O) groups is 1. The second-order valence-electron chi connectivity index (χ2n) is 9.39. The molecule has 0 atom stereocenters. The molecule has 40 heavy (non-hydrogen) atoms. The number of aromatic nitrogens is 5. The first-order chi connectivity index (χ1) is 19.5. The van der Waals surface area contributed by atoms with Crippen molar-refractivity contribution in [3.05, 3.63) is 109 Å². The normalized spacial score (nSPS) is 11.2. The molecule has 0 fully saturated rings. The Morgan fingerprint density at radius 1 is 0.875 bits per heavy atom. The molecule has 8 heteroatoms. The Labute approximate surface area is 236 Å². The SMILES string of the molecule is COc1ccc(-n2c(-c3ccccc3)c(-c3ccccc3)c3c(SCC(=O)n4nc(C)cc4C)ncnc32)cc1. The van der Waals surface area contributed by atoms with Gasteiger partial charge >= 0.3 is 0 Å². The number of hydrogen-bond donors (Lipinski definition) is 0. The van der Waals surface area contributed by atoms with Gasteiger partial charge in [0.15, 0.2) is 0 Å². The van der Waals surface area contributed by atoms with Gasteiger partial charge in [0, 0.05) is 16.9 Å². The molecule has 7 nitrogen and oxygen atoms in total. The summed E-state index contributed by atoms with van der Waals surface area (Å²) in [4.78, 5) is 22.6. The van der Waals surface area contributed by atoms with Gasteiger partial charge in [-0.3, -0.25) is 9.36 Å². The molecule has 0 aliphatic carbocycles. The van der Waals surface area contributed by atoms with E-state index < -0.39 is 0 Å². The number of carbonyl (C=O) groups excluding carboxylic acids is 1. The van der Waals surface area contributed by atoms with E-state index in [4.69, 9.17) is 14.7 Å². The second kappa shape index (κ2) is 10.8. The molecule has 0 bridgehead atoms. The molecule has 0 radical (unpaired) electrons. The van der Waals surface area contributed by atoms with Crippen molar-refractivity contribution in [2.75, 3.05) is 12.9 Å². The van der Waals surface area contributed by atoms with Crippen LogP contribution in [0.5, 0.6) is 5.75 Å². The molecular weight excluding hydrogens is 518 g/mol. The summed E-state index contributed by atoms with van der Waals surface area (Å²) in [7, 11) is 1.66. The van der Waals surface area contributed by atoms with Crippen molar-refractivity contribution in [1.29, 1.82) is 0 Å². The smallest absolute Gasteiger partial charge is 0.257 e. The molecule has 0 aliphatic rings. The number of methoxy groups -OCH3 is 1. The van der Waals surface area contributed by atoms with Gasteiger partial charge in [-0.25, -0.2) is 14.6 Å². The summed E-state index contributed by atoms with van der Waals surface area (Å²) >= 11 is 1.40. The first-order valence-corrected chi connectivity index (χ1v) is 13.9. The molecule has 0 N–H and O–H groups in total. The zero-order valence-corrected chi connectivity index (χ0v) is 23.2. The summed E-state index contributed by atoms with van der Waals surface area (Å²) in [5.41, 5.74) is 7.44. The third-order valence-electron chi connectivity index (χ3n) is 6.73. The number of hydrogen-bond acceptors (Lipinski definition) is 6. The topological polar surface area (TPSA) is 74.8 Å². The molecule has 3 heterocycles. The second-order valence-corrected chi connectivity index (χ2v) is 10.4. The van der Waals surface area contributed by atoms with Crippen LogP contribution < -0.4 is 4.74 Å². The lowest BCUT2D eigenvalue weighted by molar-refractivity contribution is 0.0924. The van der Waals surface area contributed by atoms with Gasteiger partial charge < -0.3 is 4.74 Å². The van der Waals surface area contributed by atoms with Crippen molar-refractivity contribution in [3.63, 3.8) is 0 Å². The van der Waals surface area contributed by atoms with Crippen molar-refractivity contribution >= 4 is 28.7 Å². The fourth-order valence-electron chi connectivity index (χ4n) is 5.01. The van der Waals surface area contributed by atoms with E-state index in [0.717, 1.165) is 61.3 Å². The summed E-state index contributed by atoms with van der Waals surface area (Å²) in [6.07, 6.45) is 1.57. The molecule has 0 amide bonds. The average molecular weight is 546 g/mol. The van der Waals surface area contributed by atoms with E-state index in [1.807, 2.05) is 80.6 Å². The lowest BCUT2D eigenvalue weighted by atomic mass is 9.99. The predicted octanol–water partition coefficient (Wildman–Crippen LogP) is 7.01. The van der Waals surface area contributed by atoms with Crippen molar-refractivity contribution in [3.8, 4) is 33.8 Å². The summed E-state index contributed by atoms with van der Waals surface area (Å²) < 4.78 is 9.06. The Balaban J connectivity index is 1.59. The molecule has 0 saturated heterocycles. The Morgan fingerprint density at radius 3 is 2.17 bits per heavy atom. The van der Waals surface area contributed by atoms with Crippen LogP contribution in [-0.4, -0.2) is 43.1 Å². The molecule has 6 rings (SSSR count). The molecule has 198 valence electrons. The van der Waals surface area contributed by atoms with Gasteiger partial charge in [0.2, 0.25) is 0 Å². The van der Waals surface area contributed by atoms with Gasteiger partial charge in [-0.2, -0.15) is 5.10 Å². The number of rotatable bonds is 7. The lowest BCUT2D eigenvalue weighted by Gasteiger charge is -2.13. The highest BCUT2D eigenvalue weighted by Gasteiger charge is 2.25. The highest BCUT2D eigenvalue weighted by molar-refractivity contribution is 8.00. The van der Waals surface area contributed by atoms with Crippen molar-refractivity contribution in [1.82, 2.24) is 24.3 Å². The Bertz CT molecular complexity index is 1810. The molecule has 3 aromatic heterocycles. The Morgan fingerprint density at radius 2 is 1.55 bits per heavy atom. The maximum atomic E-state index is 13.1. The van der Waals surface area contributed by atoms with Crippen LogP contribution in [0.25, 0.3) is 39.1 Å². The van der Waals surface area contributed by atoms with E-state index in [1.54, 1.807) is 13.4 Å². The number of aryl methyl sites for hydroxylation is 2. The monoisotopic (exact) mass is 545 g/mol. The first kappa shape index (κ1) is 25.6. The van der Waals surface area contributed by atoms with E-state index in [9.17, 15) is 4.79 Å². The van der Waals surface area contributed by atoms with Gasteiger partial charge in [-0.15, -0.1) is 0 Å². The van der Waals surface area contributed by atoms with Crippen molar-refractivity contribution in [2.24, 2.45) is 0 Å². The van der Waals surface area contributed by atoms with E-state index in [0.29, 0.717) is 0 Å². The molecule has 0 saturated carbocycles. The number of thioether (sulfide) groups is 1. The Hall–Kier alpha value is -4.69. The maximum absolute atomic E-state index is 13.1. The van der Waals surface area contributed by atoms with E-state index in [-0.39, 0.29) is 11.7 Å². The van der Waals surface area contributed by atoms with Crippen LogP contribution in [0.2, 0.25) is 0 Å². The van der Waals surface area contributed by atoms with E-state index in [2.05, 4.69) is 33.9 Å². The molecule has 0 spiro atoms. The van der Waals surface area contributed by atoms with Gasteiger partial charge in [0.05, 0.1) is 29.6 Å².